The van der Waals surface area contributed by atoms with Crippen molar-refractivity contribution >= 4 is 0 Å². The van der Waals surface area contributed by atoms with Gasteiger partial charge in [-0.1, -0.05) is 24.3 Å². The quantitative estimate of drug-likeness (QED) is 0.838. The summed E-state index contributed by atoms with van der Waals surface area (Å²) < 4.78 is 5.29. The Hall–Kier alpha value is -0.940. The van der Waals surface area contributed by atoms with E-state index < -0.39 is 5.60 Å². The normalized spacial score (nSPS) is 18.7. The van der Waals surface area contributed by atoms with Crippen LogP contribution in [0.4, 0.5) is 0 Å². The van der Waals surface area contributed by atoms with Crippen LogP contribution in [0.2, 0.25) is 0 Å². The molecule has 1 aromatic carbocycles. The van der Waals surface area contributed by atoms with Gasteiger partial charge in [0.25, 0.3) is 0 Å². The minimum Gasteiger partial charge on any atom is -0.392 e. The highest BCUT2D eigenvalue weighted by atomic mass is 16.5. The molecule has 19 heavy (non-hydrogen) atoms. The van der Waals surface area contributed by atoms with E-state index >= 15 is 0 Å². The third kappa shape index (κ3) is 4.28. The molecule has 0 atom stereocenters. The summed E-state index contributed by atoms with van der Waals surface area (Å²) in [5.41, 5.74) is 1.50. The van der Waals surface area contributed by atoms with Crippen molar-refractivity contribution in [3.63, 3.8) is 0 Å². The van der Waals surface area contributed by atoms with Crippen LogP contribution in [0.25, 0.3) is 0 Å². The third-order valence-corrected chi connectivity index (χ3v) is 3.65. The first kappa shape index (κ1) is 14.5. The Labute approximate surface area is 114 Å². The maximum atomic E-state index is 10.4. The number of rotatable bonds is 5. The Balaban J connectivity index is 1.87. The Morgan fingerprint density at radius 1 is 1.16 bits per heavy atom. The Bertz CT molecular complexity index is 385. The van der Waals surface area contributed by atoms with E-state index in [2.05, 4.69) is 4.90 Å². The SMILES string of the molecule is CN(Cc1ccc(CO)cc1)CC1(O)CCOCC1. The van der Waals surface area contributed by atoms with Gasteiger partial charge in [0.1, 0.15) is 0 Å². The van der Waals surface area contributed by atoms with E-state index in [0.29, 0.717) is 32.6 Å². The molecule has 2 rings (SSSR count). The van der Waals surface area contributed by atoms with E-state index in [4.69, 9.17) is 9.84 Å². The fourth-order valence-electron chi connectivity index (χ4n) is 2.53. The molecule has 0 aromatic heterocycles. The number of likely N-dealkylation sites (N-methyl/N-ethyl adjacent to an activating group) is 1. The van der Waals surface area contributed by atoms with Crippen LogP contribution < -0.4 is 0 Å². The molecule has 1 aliphatic heterocycles. The summed E-state index contributed by atoms with van der Waals surface area (Å²) in [6.45, 7) is 2.84. The van der Waals surface area contributed by atoms with Crippen LogP contribution in [0.3, 0.4) is 0 Å². The number of nitrogens with zero attached hydrogens (tertiary/aromatic N) is 1. The molecule has 0 saturated carbocycles. The number of hydrogen-bond acceptors (Lipinski definition) is 4. The molecule has 0 radical (unpaired) electrons. The summed E-state index contributed by atoms with van der Waals surface area (Å²) in [6, 6.07) is 7.92. The Morgan fingerprint density at radius 3 is 2.32 bits per heavy atom. The van der Waals surface area contributed by atoms with Crippen LogP contribution in [-0.4, -0.2) is 47.5 Å². The predicted molar refractivity (Wildman–Crippen MR) is 73.7 cm³/mol. The molecule has 106 valence electrons. The summed E-state index contributed by atoms with van der Waals surface area (Å²) in [6.07, 6.45) is 1.42. The highest BCUT2D eigenvalue weighted by Gasteiger charge is 2.30. The molecular formula is C15H23NO3. The largest absolute Gasteiger partial charge is 0.392 e. The monoisotopic (exact) mass is 265 g/mol. The van der Waals surface area contributed by atoms with Gasteiger partial charge in [-0.25, -0.2) is 0 Å². The predicted octanol–water partition coefficient (Wildman–Crippen LogP) is 1.15. The minimum atomic E-state index is -0.613. The maximum absolute atomic E-state index is 10.4. The van der Waals surface area contributed by atoms with Crippen LogP contribution in [-0.2, 0) is 17.9 Å². The first-order valence-corrected chi connectivity index (χ1v) is 6.79. The van der Waals surface area contributed by atoms with Gasteiger partial charge in [0, 0.05) is 39.1 Å². The van der Waals surface area contributed by atoms with E-state index in [-0.39, 0.29) is 6.61 Å². The fraction of sp³-hybridized carbons (Fsp3) is 0.600. The van der Waals surface area contributed by atoms with Crippen molar-refractivity contribution in [3.8, 4) is 0 Å². The second-order valence-corrected chi connectivity index (χ2v) is 5.48. The zero-order chi connectivity index (χ0) is 13.7. The summed E-state index contributed by atoms with van der Waals surface area (Å²) in [5, 5.41) is 19.5. The van der Waals surface area contributed by atoms with Crippen molar-refractivity contribution < 1.29 is 14.9 Å². The molecule has 1 fully saturated rings. The number of hydrogen-bond donors (Lipinski definition) is 2. The minimum absolute atomic E-state index is 0.0792. The molecule has 0 unspecified atom stereocenters. The van der Waals surface area contributed by atoms with Gasteiger partial charge < -0.3 is 14.9 Å². The summed E-state index contributed by atoms with van der Waals surface area (Å²) in [7, 11) is 2.02. The van der Waals surface area contributed by atoms with E-state index in [9.17, 15) is 5.11 Å². The summed E-state index contributed by atoms with van der Waals surface area (Å²) in [5.74, 6) is 0. The summed E-state index contributed by atoms with van der Waals surface area (Å²) >= 11 is 0. The first-order chi connectivity index (χ1) is 9.11. The molecule has 1 aromatic rings. The Morgan fingerprint density at radius 2 is 1.74 bits per heavy atom. The van der Waals surface area contributed by atoms with Crippen LogP contribution in [0.15, 0.2) is 24.3 Å². The number of benzene rings is 1. The lowest BCUT2D eigenvalue weighted by Gasteiger charge is -2.35. The van der Waals surface area contributed by atoms with E-state index in [1.165, 1.54) is 5.56 Å². The maximum Gasteiger partial charge on any atom is 0.0817 e. The molecule has 4 heteroatoms. The van der Waals surface area contributed by atoms with Crippen molar-refractivity contribution in [3.05, 3.63) is 35.4 Å². The lowest BCUT2D eigenvalue weighted by Crippen LogP contribution is -2.45. The molecule has 4 nitrogen and oxygen atoms in total. The van der Waals surface area contributed by atoms with E-state index in [0.717, 1.165) is 12.1 Å². The average Bonchev–Trinajstić information content (AvgIpc) is 2.39. The molecular weight excluding hydrogens is 242 g/mol. The van der Waals surface area contributed by atoms with Gasteiger partial charge in [-0.3, -0.25) is 4.90 Å². The summed E-state index contributed by atoms with van der Waals surface area (Å²) in [4.78, 5) is 2.14. The van der Waals surface area contributed by atoms with E-state index in [1.54, 1.807) is 0 Å². The van der Waals surface area contributed by atoms with Gasteiger partial charge in [-0.2, -0.15) is 0 Å². The molecule has 0 bridgehead atoms. The lowest BCUT2D eigenvalue weighted by atomic mass is 9.94. The number of aliphatic hydroxyl groups excluding tert-OH is 1. The van der Waals surface area contributed by atoms with Crippen molar-refractivity contribution in [1.29, 1.82) is 0 Å². The van der Waals surface area contributed by atoms with Crippen molar-refractivity contribution in [2.24, 2.45) is 0 Å². The van der Waals surface area contributed by atoms with Crippen molar-refractivity contribution in [2.45, 2.75) is 31.6 Å². The topological polar surface area (TPSA) is 52.9 Å². The lowest BCUT2D eigenvalue weighted by molar-refractivity contribution is -0.0777. The van der Waals surface area contributed by atoms with Crippen molar-refractivity contribution in [2.75, 3.05) is 26.8 Å². The van der Waals surface area contributed by atoms with Gasteiger partial charge in [0.15, 0.2) is 0 Å². The highest BCUT2D eigenvalue weighted by molar-refractivity contribution is 5.21. The van der Waals surface area contributed by atoms with E-state index in [1.807, 2.05) is 31.3 Å². The van der Waals surface area contributed by atoms with Crippen LogP contribution >= 0.6 is 0 Å². The van der Waals surface area contributed by atoms with Crippen molar-refractivity contribution in [1.82, 2.24) is 4.90 Å². The smallest absolute Gasteiger partial charge is 0.0817 e. The third-order valence-electron chi connectivity index (χ3n) is 3.65. The van der Waals surface area contributed by atoms with Gasteiger partial charge in [0.2, 0.25) is 0 Å². The molecule has 2 N–H and O–H groups in total. The van der Waals surface area contributed by atoms with Crippen LogP contribution in [0.5, 0.6) is 0 Å². The van der Waals surface area contributed by atoms with Gasteiger partial charge in [0.05, 0.1) is 12.2 Å². The van der Waals surface area contributed by atoms with Gasteiger partial charge >= 0.3 is 0 Å². The Kier molecular flexibility index (Phi) is 4.93. The van der Waals surface area contributed by atoms with Crippen LogP contribution in [0, 0.1) is 0 Å². The van der Waals surface area contributed by atoms with Crippen LogP contribution in [0.1, 0.15) is 24.0 Å². The average molecular weight is 265 g/mol. The van der Waals surface area contributed by atoms with Gasteiger partial charge in [-0.05, 0) is 18.2 Å². The zero-order valence-electron chi connectivity index (χ0n) is 11.5. The second-order valence-electron chi connectivity index (χ2n) is 5.48. The number of ether oxygens (including phenoxy) is 1. The highest BCUT2D eigenvalue weighted by Crippen LogP contribution is 2.22. The first-order valence-electron chi connectivity index (χ1n) is 6.79. The van der Waals surface area contributed by atoms with Gasteiger partial charge in [-0.15, -0.1) is 0 Å². The molecule has 0 amide bonds. The molecule has 1 saturated heterocycles. The molecule has 0 aliphatic carbocycles. The fourth-order valence-corrected chi connectivity index (χ4v) is 2.53. The standard InChI is InChI=1S/C15H23NO3/c1-16(12-15(18)6-8-19-9-7-15)10-13-2-4-14(11-17)5-3-13/h2-5,17-18H,6-12H2,1H3. The molecule has 0 spiro atoms. The molecule has 1 heterocycles. The number of aliphatic hydroxyl groups is 2. The molecule has 1 aliphatic rings. The second kappa shape index (κ2) is 6.48. The zero-order valence-corrected chi connectivity index (χ0v) is 11.5.